The Labute approximate surface area is 190 Å². The van der Waals surface area contributed by atoms with Crippen molar-refractivity contribution >= 4 is 17.4 Å². The van der Waals surface area contributed by atoms with Crippen molar-refractivity contribution in [2.75, 3.05) is 39.0 Å². The minimum Gasteiger partial charge on any atom is -0.399 e. The minimum atomic E-state index is 0.130. The molecule has 8 nitrogen and oxygen atoms in total. The van der Waals surface area contributed by atoms with Crippen molar-refractivity contribution in [2.45, 2.75) is 32.2 Å². The number of nitrogens with zero attached hydrogens (tertiary/aromatic N) is 5. The highest BCUT2D eigenvalue weighted by Gasteiger charge is 2.33. The topological polar surface area (TPSA) is 89.0 Å². The van der Waals surface area contributed by atoms with E-state index in [2.05, 4.69) is 30.6 Å². The summed E-state index contributed by atoms with van der Waals surface area (Å²) in [5.74, 6) is 1.31. The van der Waals surface area contributed by atoms with Crippen molar-refractivity contribution in [3.05, 3.63) is 47.9 Å². The second-order valence-electron chi connectivity index (χ2n) is 8.90. The van der Waals surface area contributed by atoms with Crippen LogP contribution < -0.4 is 5.73 Å². The van der Waals surface area contributed by atoms with E-state index in [1.807, 2.05) is 31.4 Å². The Morgan fingerprint density at radius 2 is 1.88 bits per heavy atom. The van der Waals surface area contributed by atoms with Gasteiger partial charge < -0.3 is 20.0 Å². The SMILES string of the molecule is CO/N=C(/c1cccn1C)C1CCN(C(=O)C2CCN(Cc3ccnc(N)c3)CC2)CC1. The van der Waals surface area contributed by atoms with Crippen molar-refractivity contribution < 1.29 is 9.63 Å². The lowest BCUT2D eigenvalue weighted by atomic mass is 9.88. The number of rotatable bonds is 6. The molecular weight excluding hydrogens is 404 g/mol. The molecule has 2 aliphatic heterocycles. The maximum Gasteiger partial charge on any atom is 0.225 e. The van der Waals surface area contributed by atoms with Crippen LogP contribution in [0.3, 0.4) is 0 Å². The van der Waals surface area contributed by atoms with Crippen LogP contribution in [0, 0.1) is 11.8 Å². The smallest absolute Gasteiger partial charge is 0.225 e. The molecule has 0 unspecified atom stereocenters. The molecule has 2 fully saturated rings. The van der Waals surface area contributed by atoms with Gasteiger partial charge in [0.2, 0.25) is 5.91 Å². The molecule has 1 amide bonds. The van der Waals surface area contributed by atoms with E-state index in [9.17, 15) is 4.79 Å². The summed E-state index contributed by atoms with van der Waals surface area (Å²) < 4.78 is 2.07. The fourth-order valence-corrected chi connectivity index (χ4v) is 4.98. The highest BCUT2D eigenvalue weighted by Crippen LogP contribution is 2.27. The zero-order valence-electron chi connectivity index (χ0n) is 19.1. The second kappa shape index (κ2) is 10.2. The maximum atomic E-state index is 13.2. The van der Waals surface area contributed by atoms with Crippen molar-refractivity contribution in [1.29, 1.82) is 0 Å². The Kier molecular flexibility index (Phi) is 7.09. The van der Waals surface area contributed by atoms with Crippen LogP contribution in [-0.4, -0.2) is 64.3 Å². The molecule has 4 rings (SSSR count). The van der Waals surface area contributed by atoms with Gasteiger partial charge in [0.15, 0.2) is 0 Å². The van der Waals surface area contributed by atoms with E-state index in [-0.39, 0.29) is 5.92 Å². The summed E-state index contributed by atoms with van der Waals surface area (Å²) in [6.45, 7) is 4.31. The summed E-state index contributed by atoms with van der Waals surface area (Å²) in [6, 6.07) is 8.03. The number of pyridine rings is 1. The molecule has 0 atom stereocenters. The van der Waals surface area contributed by atoms with Gasteiger partial charge in [-0.05, 0) is 68.6 Å². The van der Waals surface area contributed by atoms with Gasteiger partial charge in [0.25, 0.3) is 0 Å². The summed E-state index contributed by atoms with van der Waals surface area (Å²) in [6.07, 6.45) is 7.45. The number of aromatic nitrogens is 2. The quantitative estimate of drug-likeness (QED) is 0.553. The van der Waals surface area contributed by atoms with Crippen LogP contribution in [0.5, 0.6) is 0 Å². The number of piperidine rings is 2. The summed E-state index contributed by atoms with van der Waals surface area (Å²) in [7, 11) is 3.62. The molecule has 2 aromatic rings. The molecule has 0 radical (unpaired) electrons. The van der Waals surface area contributed by atoms with E-state index in [1.165, 1.54) is 5.56 Å². The summed E-state index contributed by atoms with van der Waals surface area (Å²) >= 11 is 0. The highest BCUT2D eigenvalue weighted by molar-refractivity contribution is 6.00. The largest absolute Gasteiger partial charge is 0.399 e. The van der Waals surface area contributed by atoms with Gasteiger partial charge in [-0.2, -0.15) is 0 Å². The molecule has 0 saturated carbocycles. The molecule has 2 saturated heterocycles. The van der Waals surface area contributed by atoms with Crippen LogP contribution in [0.25, 0.3) is 0 Å². The maximum absolute atomic E-state index is 13.2. The Balaban J connectivity index is 1.27. The fourth-order valence-electron chi connectivity index (χ4n) is 4.98. The number of nitrogen functional groups attached to an aromatic ring is 1. The lowest BCUT2D eigenvalue weighted by Gasteiger charge is -2.37. The lowest BCUT2D eigenvalue weighted by Crippen LogP contribution is -2.46. The molecule has 0 aliphatic carbocycles. The van der Waals surface area contributed by atoms with Gasteiger partial charge in [0.05, 0.1) is 5.69 Å². The molecule has 0 aromatic carbocycles. The van der Waals surface area contributed by atoms with Gasteiger partial charge in [-0.1, -0.05) is 5.16 Å². The number of carbonyl (C=O) groups is 1. The zero-order valence-corrected chi connectivity index (χ0v) is 19.1. The molecule has 172 valence electrons. The molecular formula is C24H34N6O2. The Hall–Kier alpha value is -2.87. The van der Waals surface area contributed by atoms with Crippen molar-refractivity contribution in [2.24, 2.45) is 24.0 Å². The molecule has 2 aliphatic rings. The number of likely N-dealkylation sites (tertiary alicyclic amines) is 2. The fraction of sp³-hybridized carbons (Fsp3) is 0.542. The third kappa shape index (κ3) is 5.12. The number of hydrogen-bond acceptors (Lipinski definition) is 6. The monoisotopic (exact) mass is 438 g/mol. The molecule has 2 aromatic heterocycles. The summed E-state index contributed by atoms with van der Waals surface area (Å²) in [4.78, 5) is 26.8. The molecule has 2 N–H and O–H groups in total. The van der Waals surface area contributed by atoms with Crippen LogP contribution in [0.1, 0.15) is 36.9 Å². The first-order valence-corrected chi connectivity index (χ1v) is 11.5. The second-order valence-corrected chi connectivity index (χ2v) is 8.90. The Bertz CT molecular complexity index is 939. The normalized spacial score (nSPS) is 19.3. The van der Waals surface area contributed by atoms with Gasteiger partial charge in [0, 0.05) is 50.9 Å². The van der Waals surface area contributed by atoms with Crippen molar-refractivity contribution in [3.63, 3.8) is 0 Å². The third-order valence-electron chi connectivity index (χ3n) is 6.78. The first-order chi connectivity index (χ1) is 15.5. The average molecular weight is 439 g/mol. The van der Waals surface area contributed by atoms with E-state index in [0.29, 0.717) is 17.6 Å². The van der Waals surface area contributed by atoms with Gasteiger partial charge in [-0.3, -0.25) is 9.69 Å². The first-order valence-electron chi connectivity index (χ1n) is 11.5. The number of carbonyl (C=O) groups excluding carboxylic acids is 1. The Morgan fingerprint density at radius 1 is 1.16 bits per heavy atom. The number of aryl methyl sites for hydroxylation is 1. The zero-order chi connectivity index (χ0) is 22.5. The van der Waals surface area contributed by atoms with E-state index in [4.69, 9.17) is 10.6 Å². The molecule has 0 bridgehead atoms. The predicted octanol–water partition coefficient (Wildman–Crippen LogP) is 2.50. The molecule has 8 heteroatoms. The van der Waals surface area contributed by atoms with Crippen LogP contribution in [0.4, 0.5) is 5.82 Å². The number of hydrogen-bond donors (Lipinski definition) is 1. The van der Waals surface area contributed by atoms with E-state index >= 15 is 0 Å². The average Bonchev–Trinajstić information content (AvgIpc) is 3.23. The first kappa shape index (κ1) is 22.3. The lowest BCUT2D eigenvalue weighted by molar-refractivity contribution is -0.138. The van der Waals surface area contributed by atoms with Crippen LogP contribution in [0.2, 0.25) is 0 Å². The van der Waals surface area contributed by atoms with E-state index in [1.54, 1.807) is 13.3 Å². The van der Waals surface area contributed by atoms with Crippen molar-refractivity contribution in [3.8, 4) is 0 Å². The molecule has 4 heterocycles. The number of nitrogens with two attached hydrogens (primary N) is 1. The highest BCUT2D eigenvalue weighted by atomic mass is 16.6. The summed E-state index contributed by atoms with van der Waals surface area (Å²) in [5.41, 5.74) is 9.04. The predicted molar refractivity (Wildman–Crippen MR) is 125 cm³/mol. The third-order valence-corrected chi connectivity index (χ3v) is 6.78. The van der Waals surface area contributed by atoms with Crippen LogP contribution in [0.15, 0.2) is 41.8 Å². The number of amides is 1. The number of anilines is 1. The van der Waals surface area contributed by atoms with E-state index in [0.717, 1.165) is 69.8 Å². The standard InChI is InChI=1S/C24H34N6O2/c1-28-11-3-4-21(28)23(27-32-2)19-8-14-30(15-9-19)24(31)20-6-12-29(13-7-20)17-18-5-10-26-22(25)16-18/h3-5,10-11,16,19-20H,6-9,12-15,17H2,1-2H3,(H2,25,26)/b27-23+. The minimum absolute atomic E-state index is 0.130. The van der Waals surface area contributed by atoms with Gasteiger partial charge >= 0.3 is 0 Å². The van der Waals surface area contributed by atoms with Gasteiger partial charge in [-0.15, -0.1) is 0 Å². The molecule has 32 heavy (non-hydrogen) atoms. The van der Waals surface area contributed by atoms with Gasteiger partial charge in [-0.25, -0.2) is 4.98 Å². The van der Waals surface area contributed by atoms with Crippen molar-refractivity contribution in [1.82, 2.24) is 19.4 Å². The van der Waals surface area contributed by atoms with E-state index < -0.39 is 0 Å². The van der Waals surface area contributed by atoms with Crippen LogP contribution >= 0.6 is 0 Å². The Morgan fingerprint density at radius 3 is 2.50 bits per heavy atom. The number of oxime groups is 1. The van der Waals surface area contributed by atoms with Gasteiger partial charge in [0.1, 0.15) is 18.6 Å². The summed E-state index contributed by atoms with van der Waals surface area (Å²) in [5, 5.41) is 4.33. The van der Waals surface area contributed by atoms with Crippen LogP contribution in [-0.2, 0) is 23.2 Å². The molecule has 0 spiro atoms.